The highest BCUT2D eigenvalue weighted by molar-refractivity contribution is 5.87. The molecule has 98 valence electrons. The predicted octanol–water partition coefficient (Wildman–Crippen LogP) is -0.0844. The number of rotatable bonds is 3. The monoisotopic (exact) mass is 242 g/mol. The molecule has 2 fully saturated rings. The molecule has 5 heteroatoms. The summed E-state index contributed by atoms with van der Waals surface area (Å²) in [7, 11) is 0. The van der Waals surface area contributed by atoms with Crippen LogP contribution in [0.5, 0.6) is 0 Å². The maximum atomic E-state index is 12.2. The fraction of sp³-hybridized carbons (Fsp3) is 0.917. The zero-order chi connectivity index (χ0) is 12.4. The van der Waals surface area contributed by atoms with Crippen LogP contribution >= 0.6 is 0 Å². The van der Waals surface area contributed by atoms with E-state index in [1.807, 2.05) is 0 Å². The Morgan fingerprint density at radius 1 is 1.29 bits per heavy atom. The van der Waals surface area contributed by atoms with Crippen molar-refractivity contribution in [2.24, 2.45) is 5.73 Å². The van der Waals surface area contributed by atoms with Crippen LogP contribution in [0.25, 0.3) is 0 Å². The lowest BCUT2D eigenvalue weighted by Gasteiger charge is -2.38. The van der Waals surface area contributed by atoms with Gasteiger partial charge in [0, 0.05) is 6.61 Å². The standard InChI is InChI=1S/C12H22N2O3/c13-12(6-7-17-9-12)10(16)14-11(8-15)4-2-1-3-5-11/h15H,1-9,13H2,(H,14,16). The smallest absolute Gasteiger partial charge is 0.243 e. The number of amides is 1. The van der Waals surface area contributed by atoms with Gasteiger partial charge in [0.05, 0.1) is 18.8 Å². The first kappa shape index (κ1) is 12.8. The summed E-state index contributed by atoms with van der Waals surface area (Å²) >= 11 is 0. The SMILES string of the molecule is NC1(C(=O)NC2(CO)CCCCC2)CCOC1. The minimum absolute atomic E-state index is 0.00429. The first-order chi connectivity index (χ1) is 8.10. The number of ether oxygens (including phenoxy) is 1. The summed E-state index contributed by atoms with van der Waals surface area (Å²) in [5.41, 5.74) is 4.66. The Balaban J connectivity index is 2.00. The van der Waals surface area contributed by atoms with E-state index >= 15 is 0 Å². The minimum atomic E-state index is -0.903. The molecule has 1 unspecified atom stereocenters. The minimum Gasteiger partial charge on any atom is -0.394 e. The van der Waals surface area contributed by atoms with Crippen LogP contribution < -0.4 is 11.1 Å². The summed E-state index contributed by atoms with van der Waals surface area (Å²) in [5.74, 6) is -0.175. The quantitative estimate of drug-likeness (QED) is 0.646. The van der Waals surface area contributed by atoms with E-state index in [4.69, 9.17) is 10.5 Å². The van der Waals surface area contributed by atoms with Crippen molar-refractivity contribution in [2.75, 3.05) is 19.8 Å². The maximum Gasteiger partial charge on any atom is 0.243 e. The summed E-state index contributed by atoms with van der Waals surface area (Å²) in [6.45, 7) is 0.812. The molecule has 17 heavy (non-hydrogen) atoms. The van der Waals surface area contributed by atoms with Crippen molar-refractivity contribution in [1.29, 1.82) is 0 Å². The highest BCUT2D eigenvalue weighted by Gasteiger charge is 2.42. The van der Waals surface area contributed by atoms with Gasteiger partial charge in [0.1, 0.15) is 5.54 Å². The van der Waals surface area contributed by atoms with Gasteiger partial charge in [-0.05, 0) is 19.3 Å². The van der Waals surface area contributed by atoms with Gasteiger partial charge in [0.2, 0.25) is 5.91 Å². The van der Waals surface area contributed by atoms with E-state index in [0.29, 0.717) is 13.0 Å². The number of carbonyl (C=O) groups excluding carboxylic acids is 1. The molecule has 1 aliphatic carbocycles. The van der Waals surface area contributed by atoms with Crippen molar-refractivity contribution in [3.05, 3.63) is 0 Å². The van der Waals surface area contributed by atoms with Crippen molar-refractivity contribution < 1.29 is 14.6 Å². The third-order valence-electron chi connectivity index (χ3n) is 4.00. The van der Waals surface area contributed by atoms with Gasteiger partial charge < -0.3 is 20.9 Å². The summed E-state index contributed by atoms with van der Waals surface area (Å²) < 4.78 is 5.19. The number of aliphatic hydroxyl groups is 1. The van der Waals surface area contributed by atoms with Crippen molar-refractivity contribution >= 4 is 5.91 Å². The molecule has 1 saturated carbocycles. The third-order valence-corrected chi connectivity index (χ3v) is 4.00. The van der Waals surface area contributed by atoms with E-state index in [0.717, 1.165) is 25.7 Å². The van der Waals surface area contributed by atoms with Crippen LogP contribution in [0.3, 0.4) is 0 Å². The van der Waals surface area contributed by atoms with Crippen molar-refractivity contribution in [3.8, 4) is 0 Å². The number of hydrogen-bond acceptors (Lipinski definition) is 4. The Kier molecular flexibility index (Phi) is 3.70. The summed E-state index contributed by atoms with van der Waals surface area (Å²) in [5, 5.41) is 12.5. The Labute approximate surface area is 102 Å². The van der Waals surface area contributed by atoms with Crippen molar-refractivity contribution in [2.45, 2.75) is 49.6 Å². The Morgan fingerprint density at radius 3 is 2.53 bits per heavy atom. The second-order valence-electron chi connectivity index (χ2n) is 5.41. The maximum absolute atomic E-state index is 12.2. The van der Waals surface area contributed by atoms with Gasteiger partial charge in [0.15, 0.2) is 0 Å². The van der Waals surface area contributed by atoms with Crippen LogP contribution in [0, 0.1) is 0 Å². The first-order valence-electron chi connectivity index (χ1n) is 6.40. The van der Waals surface area contributed by atoms with E-state index < -0.39 is 11.1 Å². The fourth-order valence-electron chi connectivity index (χ4n) is 2.68. The fourth-order valence-corrected chi connectivity index (χ4v) is 2.68. The van der Waals surface area contributed by atoms with E-state index in [1.54, 1.807) is 0 Å². The molecular formula is C12H22N2O3. The molecule has 0 aromatic rings. The van der Waals surface area contributed by atoms with Gasteiger partial charge in [-0.2, -0.15) is 0 Å². The second kappa shape index (κ2) is 4.92. The molecule has 0 bridgehead atoms. The molecule has 0 radical (unpaired) electrons. The Morgan fingerprint density at radius 2 is 2.00 bits per heavy atom. The van der Waals surface area contributed by atoms with Crippen LogP contribution in [0.1, 0.15) is 38.5 Å². The lowest BCUT2D eigenvalue weighted by atomic mass is 9.81. The largest absolute Gasteiger partial charge is 0.394 e. The van der Waals surface area contributed by atoms with Crippen molar-refractivity contribution in [1.82, 2.24) is 5.32 Å². The van der Waals surface area contributed by atoms with Crippen LogP contribution in [-0.4, -0.2) is 41.9 Å². The Bertz CT molecular complexity index is 281. The first-order valence-corrected chi connectivity index (χ1v) is 6.40. The molecule has 2 aliphatic rings. The molecule has 1 atom stereocenters. The Hall–Kier alpha value is -0.650. The van der Waals surface area contributed by atoms with E-state index in [2.05, 4.69) is 5.32 Å². The summed E-state index contributed by atoms with van der Waals surface area (Å²) in [6, 6.07) is 0. The normalized spacial score (nSPS) is 32.4. The molecule has 0 spiro atoms. The molecule has 1 amide bonds. The van der Waals surface area contributed by atoms with E-state index in [-0.39, 0.29) is 19.1 Å². The van der Waals surface area contributed by atoms with E-state index in [9.17, 15) is 9.90 Å². The van der Waals surface area contributed by atoms with Gasteiger partial charge in [-0.1, -0.05) is 19.3 Å². The predicted molar refractivity (Wildman–Crippen MR) is 63.4 cm³/mol. The zero-order valence-corrected chi connectivity index (χ0v) is 10.2. The average molecular weight is 242 g/mol. The number of hydrogen-bond donors (Lipinski definition) is 3. The van der Waals surface area contributed by atoms with E-state index in [1.165, 1.54) is 6.42 Å². The number of nitrogens with two attached hydrogens (primary N) is 1. The summed E-state index contributed by atoms with van der Waals surface area (Å²) in [4.78, 5) is 12.2. The molecule has 2 rings (SSSR count). The molecule has 1 heterocycles. The summed E-state index contributed by atoms with van der Waals surface area (Å²) in [6.07, 6.45) is 5.51. The zero-order valence-electron chi connectivity index (χ0n) is 10.2. The number of aliphatic hydroxyl groups excluding tert-OH is 1. The lowest BCUT2D eigenvalue weighted by Crippen LogP contribution is -2.62. The van der Waals surface area contributed by atoms with Gasteiger partial charge >= 0.3 is 0 Å². The van der Waals surface area contributed by atoms with Gasteiger partial charge in [-0.15, -0.1) is 0 Å². The van der Waals surface area contributed by atoms with Crippen molar-refractivity contribution in [3.63, 3.8) is 0 Å². The van der Waals surface area contributed by atoms with Gasteiger partial charge in [0.25, 0.3) is 0 Å². The van der Waals surface area contributed by atoms with Crippen LogP contribution in [0.15, 0.2) is 0 Å². The van der Waals surface area contributed by atoms with Crippen LogP contribution in [0.2, 0.25) is 0 Å². The molecule has 0 aromatic heterocycles. The van der Waals surface area contributed by atoms with Gasteiger partial charge in [-0.25, -0.2) is 0 Å². The average Bonchev–Trinajstić information content (AvgIpc) is 2.79. The molecule has 0 aromatic carbocycles. The number of carbonyl (C=O) groups is 1. The van der Waals surface area contributed by atoms with Crippen LogP contribution in [0.4, 0.5) is 0 Å². The topological polar surface area (TPSA) is 84.6 Å². The second-order valence-corrected chi connectivity index (χ2v) is 5.41. The third kappa shape index (κ3) is 2.61. The molecule has 5 nitrogen and oxygen atoms in total. The molecular weight excluding hydrogens is 220 g/mol. The molecule has 1 saturated heterocycles. The highest BCUT2D eigenvalue weighted by Crippen LogP contribution is 2.29. The van der Waals surface area contributed by atoms with Crippen LogP contribution in [-0.2, 0) is 9.53 Å². The number of nitrogens with one attached hydrogen (secondary N) is 1. The lowest BCUT2D eigenvalue weighted by molar-refractivity contribution is -0.129. The van der Waals surface area contributed by atoms with Gasteiger partial charge in [-0.3, -0.25) is 4.79 Å². The highest BCUT2D eigenvalue weighted by atomic mass is 16.5. The molecule has 4 N–H and O–H groups in total. The molecule has 1 aliphatic heterocycles.